The third kappa shape index (κ3) is 2.95. The average molecular weight is 371 g/mol. The Hall–Kier alpha value is -2.24. The number of amides is 2. The van der Waals surface area contributed by atoms with Gasteiger partial charge in [-0.2, -0.15) is 0 Å². The number of furan rings is 1. The number of hydrogen-bond acceptors (Lipinski definition) is 3. The Bertz CT molecular complexity index is 859. The molecule has 2 aromatic heterocycles. The molecule has 0 unspecified atom stereocenters. The molecule has 1 aliphatic heterocycles. The van der Waals surface area contributed by atoms with Crippen LogP contribution in [-0.4, -0.2) is 39.4 Å². The Morgan fingerprint density at radius 1 is 1.33 bits per heavy atom. The Morgan fingerprint density at radius 3 is 2.78 bits per heavy atom. The Labute approximate surface area is 159 Å². The van der Waals surface area contributed by atoms with Crippen LogP contribution in [0.1, 0.15) is 63.4 Å². The molecule has 1 fully saturated rings. The van der Waals surface area contributed by atoms with Gasteiger partial charge in [-0.3, -0.25) is 9.59 Å². The van der Waals surface area contributed by atoms with Crippen LogP contribution in [-0.2, 0) is 11.3 Å². The quantitative estimate of drug-likeness (QED) is 0.894. The number of carbonyl (C=O) groups is 2. The van der Waals surface area contributed by atoms with Gasteiger partial charge in [0.2, 0.25) is 5.91 Å². The van der Waals surface area contributed by atoms with Gasteiger partial charge in [-0.1, -0.05) is 13.8 Å². The summed E-state index contributed by atoms with van der Waals surface area (Å²) in [6.45, 7) is 7.22. The van der Waals surface area contributed by atoms with E-state index in [0.717, 1.165) is 43.5 Å². The highest BCUT2D eigenvalue weighted by Gasteiger charge is 2.48. The minimum atomic E-state index is -0.896. The van der Waals surface area contributed by atoms with E-state index in [1.54, 1.807) is 17.2 Å². The van der Waals surface area contributed by atoms with Crippen molar-refractivity contribution in [2.24, 2.45) is 5.92 Å². The van der Waals surface area contributed by atoms with Crippen LogP contribution in [0.25, 0.3) is 11.1 Å². The summed E-state index contributed by atoms with van der Waals surface area (Å²) in [4.78, 5) is 28.3. The molecule has 2 amide bonds. The summed E-state index contributed by atoms with van der Waals surface area (Å²) in [5.41, 5.74) is 1.28. The summed E-state index contributed by atoms with van der Waals surface area (Å²) >= 11 is 0. The van der Waals surface area contributed by atoms with E-state index in [0.29, 0.717) is 24.4 Å². The van der Waals surface area contributed by atoms with Gasteiger partial charge in [0.15, 0.2) is 5.58 Å². The second kappa shape index (κ2) is 6.73. The van der Waals surface area contributed by atoms with Crippen molar-refractivity contribution in [2.75, 3.05) is 6.54 Å². The number of aromatic nitrogens is 1. The van der Waals surface area contributed by atoms with Gasteiger partial charge in [-0.25, -0.2) is 0 Å². The zero-order valence-electron chi connectivity index (χ0n) is 16.5. The molecule has 6 nitrogen and oxygen atoms in total. The first-order valence-electron chi connectivity index (χ1n) is 10.1. The van der Waals surface area contributed by atoms with E-state index in [2.05, 4.69) is 12.2 Å². The van der Waals surface area contributed by atoms with Crippen LogP contribution in [0.4, 0.5) is 0 Å². The normalized spacial score (nSPS) is 28.4. The first kappa shape index (κ1) is 18.1. The smallest absolute Gasteiger partial charge is 0.271 e. The zero-order valence-corrected chi connectivity index (χ0v) is 16.5. The fourth-order valence-electron chi connectivity index (χ4n) is 4.59. The van der Waals surface area contributed by atoms with E-state index in [4.69, 9.17) is 4.42 Å². The molecule has 0 bridgehead atoms. The van der Waals surface area contributed by atoms with Gasteiger partial charge < -0.3 is 19.2 Å². The Balaban J connectivity index is 1.65. The number of carbonyl (C=O) groups excluding carboxylic acids is 2. The third-order valence-electron chi connectivity index (χ3n) is 6.34. The topological polar surface area (TPSA) is 67.5 Å². The standard InChI is InChI=1S/C21H29N3O3/c1-4-10-24-19(25)17-12-18-16(9-11-27-18)23(17)13-21(24,3)20(26)22-15-7-5-14(2)6-8-15/h9,11-12,14-15H,4-8,10,13H2,1-3H3,(H,22,26)/t14?,15?,21-/m1/s1. The highest BCUT2D eigenvalue weighted by molar-refractivity contribution is 6.02. The molecule has 0 spiro atoms. The molecule has 1 saturated carbocycles. The van der Waals surface area contributed by atoms with E-state index < -0.39 is 5.54 Å². The summed E-state index contributed by atoms with van der Waals surface area (Å²) in [5.74, 6) is 0.600. The molecule has 6 heteroatoms. The molecule has 2 aliphatic rings. The van der Waals surface area contributed by atoms with Crippen molar-refractivity contribution in [3.8, 4) is 0 Å². The summed E-state index contributed by atoms with van der Waals surface area (Å²) < 4.78 is 7.42. The van der Waals surface area contributed by atoms with Gasteiger partial charge in [0.1, 0.15) is 11.2 Å². The van der Waals surface area contributed by atoms with Crippen LogP contribution in [0.2, 0.25) is 0 Å². The van der Waals surface area contributed by atoms with Gasteiger partial charge in [0, 0.05) is 24.7 Å². The van der Waals surface area contributed by atoms with Crippen LogP contribution in [0.15, 0.2) is 22.8 Å². The number of nitrogens with one attached hydrogen (secondary N) is 1. The van der Waals surface area contributed by atoms with E-state index in [-0.39, 0.29) is 17.9 Å². The van der Waals surface area contributed by atoms with Crippen molar-refractivity contribution in [1.29, 1.82) is 0 Å². The second-order valence-electron chi connectivity index (χ2n) is 8.45. The molecule has 1 aliphatic carbocycles. The fourth-order valence-corrected chi connectivity index (χ4v) is 4.59. The molecule has 146 valence electrons. The van der Waals surface area contributed by atoms with E-state index in [1.807, 2.05) is 24.5 Å². The average Bonchev–Trinajstić information content (AvgIpc) is 3.23. The Kier molecular flexibility index (Phi) is 4.52. The lowest BCUT2D eigenvalue weighted by atomic mass is 9.86. The highest BCUT2D eigenvalue weighted by Crippen LogP contribution is 2.33. The molecule has 0 radical (unpaired) electrons. The van der Waals surface area contributed by atoms with Gasteiger partial charge in [-0.05, 0) is 44.9 Å². The maximum Gasteiger partial charge on any atom is 0.271 e. The Morgan fingerprint density at radius 2 is 2.07 bits per heavy atom. The lowest BCUT2D eigenvalue weighted by molar-refractivity contribution is -0.133. The van der Waals surface area contributed by atoms with Crippen LogP contribution < -0.4 is 5.32 Å². The van der Waals surface area contributed by atoms with Gasteiger partial charge >= 0.3 is 0 Å². The van der Waals surface area contributed by atoms with E-state index in [1.165, 1.54) is 0 Å². The zero-order chi connectivity index (χ0) is 19.2. The lowest BCUT2D eigenvalue weighted by Crippen LogP contribution is -2.65. The number of nitrogens with zero attached hydrogens (tertiary/aromatic N) is 2. The van der Waals surface area contributed by atoms with Crippen molar-refractivity contribution in [3.63, 3.8) is 0 Å². The minimum absolute atomic E-state index is 0.0418. The fraction of sp³-hybridized carbons (Fsp3) is 0.619. The molecule has 3 heterocycles. The molecule has 4 rings (SSSR count). The predicted octanol–water partition coefficient (Wildman–Crippen LogP) is 3.55. The first-order chi connectivity index (χ1) is 12.9. The molecule has 27 heavy (non-hydrogen) atoms. The van der Waals surface area contributed by atoms with Crippen LogP contribution in [0.3, 0.4) is 0 Å². The number of fused-ring (bicyclic) bond motifs is 3. The second-order valence-corrected chi connectivity index (χ2v) is 8.45. The van der Waals surface area contributed by atoms with Crippen molar-refractivity contribution in [3.05, 3.63) is 24.1 Å². The van der Waals surface area contributed by atoms with Crippen molar-refractivity contribution in [2.45, 2.75) is 71.0 Å². The maximum atomic E-state index is 13.4. The van der Waals surface area contributed by atoms with Crippen LogP contribution in [0.5, 0.6) is 0 Å². The van der Waals surface area contributed by atoms with E-state index >= 15 is 0 Å². The van der Waals surface area contributed by atoms with Gasteiger partial charge in [0.25, 0.3) is 5.91 Å². The molecular weight excluding hydrogens is 342 g/mol. The summed E-state index contributed by atoms with van der Waals surface area (Å²) in [6.07, 6.45) is 6.78. The number of rotatable bonds is 4. The molecule has 1 N–H and O–H groups in total. The summed E-state index contributed by atoms with van der Waals surface area (Å²) in [7, 11) is 0. The molecular formula is C21H29N3O3. The lowest BCUT2D eigenvalue weighted by Gasteiger charge is -2.44. The van der Waals surface area contributed by atoms with Gasteiger partial charge in [-0.15, -0.1) is 0 Å². The third-order valence-corrected chi connectivity index (χ3v) is 6.34. The highest BCUT2D eigenvalue weighted by atomic mass is 16.3. The maximum absolute atomic E-state index is 13.4. The largest absolute Gasteiger partial charge is 0.463 e. The number of hydrogen-bond donors (Lipinski definition) is 1. The van der Waals surface area contributed by atoms with E-state index in [9.17, 15) is 9.59 Å². The minimum Gasteiger partial charge on any atom is -0.463 e. The van der Waals surface area contributed by atoms with Crippen LogP contribution in [0, 0.1) is 5.92 Å². The van der Waals surface area contributed by atoms with Crippen molar-refractivity contribution >= 4 is 22.9 Å². The monoisotopic (exact) mass is 371 g/mol. The molecule has 0 aromatic carbocycles. The first-order valence-corrected chi connectivity index (χ1v) is 10.1. The molecule has 0 saturated heterocycles. The molecule has 1 atom stereocenters. The van der Waals surface area contributed by atoms with Crippen molar-refractivity contribution < 1.29 is 14.0 Å². The summed E-state index contributed by atoms with van der Waals surface area (Å²) in [5, 5.41) is 3.25. The van der Waals surface area contributed by atoms with Gasteiger partial charge in [0.05, 0.1) is 18.3 Å². The van der Waals surface area contributed by atoms with Crippen molar-refractivity contribution in [1.82, 2.24) is 14.8 Å². The summed E-state index contributed by atoms with van der Waals surface area (Å²) in [6, 6.07) is 3.87. The molecule has 2 aromatic rings. The van der Waals surface area contributed by atoms with Crippen LogP contribution >= 0.6 is 0 Å². The SMILES string of the molecule is CCCN1C(=O)c2cc3occc3n2C[C@]1(C)C(=O)NC1CCC(C)CC1. The predicted molar refractivity (Wildman–Crippen MR) is 103 cm³/mol.